The summed E-state index contributed by atoms with van der Waals surface area (Å²) in [5, 5.41) is 12.3. The maximum atomic E-state index is 12.1. The second-order valence-corrected chi connectivity index (χ2v) is 5.49. The van der Waals surface area contributed by atoms with Crippen LogP contribution < -0.4 is 11.1 Å². The number of carbonyl (C=O) groups excluding carboxylic acids is 1. The van der Waals surface area contributed by atoms with E-state index < -0.39 is 0 Å². The molecule has 0 saturated carbocycles. The number of rotatable bonds is 5. The Labute approximate surface area is 114 Å². The van der Waals surface area contributed by atoms with Crippen molar-refractivity contribution in [1.29, 1.82) is 0 Å². The van der Waals surface area contributed by atoms with Gasteiger partial charge in [-0.15, -0.1) is 0 Å². The van der Waals surface area contributed by atoms with Crippen LogP contribution in [0, 0.1) is 0 Å². The molecule has 1 aromatic rings. The Morgan fingerprint density at radius 1 is 1.42 bits per heavy atom. The Bertz CT molecular complexity index is 456. The summed E-state index contributed by atoms with van der Waals surface area (Å²) in [6, 6.07) is 5.17. The lowest BCUT2D eigenvalue weighted by atomic mass is 9.99. The van der Waals surface area contributed by atoms with Crippen molar-refractivity contribution < 1.29 is 9.90 Å². The lowest BCUT2D eigenvalue weighted by Gasteiger charge is -2.28. The Balaban J connectivity index is 3.11. The number of nitrogens with two attached hydrogens (primary N) is 1. The van der Waals surface area contributed by atoms with Gasteiger partial charge in [0.1, 0.15) is 0 Å². The second-order valence-electron chi connectivity index (χ2n) is 5.49. The van der Waals surface area contributed by atoms with E-state index in [0.717, 1.165) is 0 Å². The third kappa shape index (κ3) is 4.13. The van der Waals surface area contributed by atoms with Crippen LogP contribution in [0.25, 0.3) is 0 Å². The molecule has 4 N–H and O–H groups in total. The average molecular weight is 265 g/mol. The van der Waals surface area contributed by atoms with E-state index in [1.807, 2.05) is 13.8 Å². The Kier molecular flexibility index (Phi) is 4.78. The maximum absolute atomic E-state index is 12.1. The number of benzene rings is 1. The van der Waals surface area contributed by atoms with Crippen molar-refractivity contribution in [1.82, 2.24) is 4.90 Å². The SMILES string of the molecule is CN(C)C(=O)c1ccc(N)cc1NC(C)(C)CCO. The molecule has 0 aromatic heterocycles. The highest BCUT2D eigenvalue weighted by Gasteiger charge is 2.21. The standard InChI is InChI=1S/C14H23N3O2/c1-14(2,7-8-18)16-12-9-10(15)5-6-11(12)13(19)17(3)4/h5-6,9,16,18H,7-8,15H2,1-4H3. The third-order valence-electron chi connectivity index (χ3n) is 2.89. The predicted octanol–water partition coefficient (Wildman–Crippen LogP) is 1.54. The summed E-state index contributed by atoms with van der Waals surface area (Å²) in [5.41, 5.74) is 7.33. The number of nitrogen functional groups attached to an aromatic ring is 1. The highest BCUT2D eigenvalue weighted by molar-refractivity contribution is 6.00. The van der Waals surface area contributed by atoms with Gasteiger partial charge in [-0.2, -0.15) is 0 Å². The van der Waals surface area contributed by atoms with Crippen molar-refractivity contribution in [3.63, 3.8) is 0 Å². The summed E-state index contributed by atoms with van der Waals surface area (Å²) in [6.45, 7) is 4.02. The van der Waals surface area contributed by atoms with E-state index in [1.54, 1.807) is 32.3 Å². The molecule has 5 heteroatoms. The number of anilines is 2. The minimum Gasteiger partial charge on any atom is -0.399 e. The number of hydrogen-bond donors (Lipinski definition) is 3. The molecule has 1 amide bonds. The van der Waals surface area contributed by atoms with E-state index in [1.165, 1.54) is 4.90 Å². The fraction of sp³-hybridized carbons (Fsp3) is 0.500. The van der Waals surface area contributed by atoms with E-state index in [9.17, 15) is 4.79 Å². The molecular weight excluding hydrogens is 242 g/mol. The number of hydrogen-bond acceptors (Lipinski definition) is 4. The van der Waals surface area contributed by atoms with Crippen LogP contribution in [0.1, 0.15) is 30.6 Å². The number of nitrogens with zero attached hydrogens (tertiary/aromatic N) is 1. The summed E-state index contributed by atoms with van der Waals surface area (Å²) in [7, 11) is 3.42. The first-order valence-electron chi connectivity index (χ1n) is 6.27. The van der Waals surface area contributed by atoms with Crippen LogP contribution in [0.4, 0.5) is 11.4 Å². The Morgan fingerprint density at radius 3 is 2.58 bits per heavy atom. The van der Waals surface area contributed by atoms with Crippen LogP contribution in [-0.2, 0) is 0 Å². The largest absolute Gasteiger partial charge is 0.399 e. The molecule has 0 heterocycles. The molecule has 106 valence electrons. The molecule has 0 bridgehead atoms. The van der Waals surface area contributed by atoms with E-state index in [0.29, 0.717) is 23.4 Å². The van der Waals surface area contributed by atoms with Crippen molar-refractivity contribution in [2.45, 2.75) is 25.8 Å². The van der Waals surface area contributed by atoms with Gasteiger partial charge in [-0.1, -0.05) is 0 Å². The van der Waals surface area contributed by atoms with Crippen LogP contribution in [0.2, 0.25) is 0 Å². The van der Waals surface area contributed by atoms with Crippen molar-refractivity contribution >= 4 is 17.3 Å². The third-order valence-corrected chi connectivity index (χ3v) is 2.89. The summed E-state index contributed by atoms with van der Waals surface area (Å²) >= 11 is 0. The molecule has 1 rings (SSSR count). The van der Waals surface area contributed by atoms with Gasteiger partial charge in [0, 0.05) is 37.6 Å². The molecule has 1 aromatic carbocycles. The number of carbonyl (C=O) groups is 1. The van der Waals surface area contributed by atoms with Crippen LogP contribution >= 0.6 is 0 Å². The van der Waals surface area contributed by atoms with Gasteiger partial charge in [0.05, 0.1) is 5.56 Å². The lowest BCUT2D eigenvalue weighted by molar-refractivity contribution is 0.0828. The molecule has 0 radical (unpaired) electrons. The minimum atomic E-state index is -0.316. The van der Waals surface area contributed by atoms with Crippen molar-refractivity contribution in [2.24, 2.45) is 0 Å². The van der Waals surface area contributed by atoms with Crippen LogP contribution in [-0.4, -0.2) is 42.2 Å². The highest BCUT2D eigenvalue weighted by atomic mass is 16.3. The molecule has 0 aliphatic rings. The van der Waals surface area contributed by atoms with E-state index >= 15 is 0 Å². The van der Waals surface area contributed by atoms with E-state index in [4.69, 9.17) is 10.8 Å². The number of amides is 1. The molecule has 0 aliphatic heterocycles. The van der Waals surface area contributed by atoms with Gasteiger partial charge in [-0.25, -0.2) is 0 Å². The molecule has 0 fully saturated rings. The zero-order chi connectivity index (χ0) is 14.6. The van der Waals surface area contributed by atoms with Crippen LogP contribution in [0.15, 0.2) is 18.2 Å². The van der Waals surface area contributed by atoms with Gasteiger partial charge in [-0.3, -0.25) is 4.79 Å². The van der Waals surface area contributed by atoms with Gasteiger partial charge in [0.2, 0.25) is 0 Å². The first-order chi connectivity index (χ1) is 8.76. The summed E-state index contributed by atoms with van der Waals surface area (Å²) in [5.74, 6) is -0.0812. The fourth-order valence-electron chi connectivity index (χ4n) is 1.80. The summed E-state index contributed by atoms with van der Waals surface area (Å²) in [6.07, 6.45) is 0.581. The number of aliphatic hydroxyl groups excluding tert-OH is 1. The van der Waals surface area contributed by atoms with E-state index in [2.05, 4.69) is 5.32 Å². The first-order valence-corrected chi connectivity index (χ1v) is 6.27. The molecule has 0 atom stereocenters. The minimum absolute atomic E-state index is 0.0812. The smallest absolute Gasteiger partial charge is 0.255 e. The molecule has 5 nitrogen and oxygen atoms in total. The Morgan fingerprint density at radius 2 is 2.05 bits per heavy atom. The molecule has 0 aliphatic carbocycles. The molecular formula is C14H23N3O2. The Hall–Kier alpha value is -1.75. The average Bonchev–Trinajstić information content (AvgIpc) is 2.27. The highest BCUT2D eigenvalue weighted by Crippen LogP contribution is 2.25. The molecule has 0 unspecified atom stereocenters. The zero-order valence-corrected chi connectivity index (χ0v) is 12.0. The van der Waals surface area contributed by atoms with Crippen LogP contribution in [0.5, 0.6) is 0 Å². The number of nitrogens with one attached hydrogen (secondary N) is 1. The van der Waals surface area contributed by atoms with Crippen molar-refractivity contribution in [3.05, 3.63) is 23.8 Å². The molecule has 0 saturated heterocycles. The number of aliphatic hydroxyl groups is 1. The van der Waals surface area contributed by atoms with E-state index in [-0.39, 0.29) is 18.1 Å². The normalized spacial score (nSPS) is 11.2. The quantitative estimate of drug-likeness (QED) is 0.706. The van der Waals surface area contributed by atoms with Crippen LogP contribution in [0.3, 0.4) is 0 Å². The maximum Gasteiger partial charge on any atom is 0.255 e. The van der Waals surface area contributed by atoms with Gasteiger partial charge < -0.3 is 21.1 Å². The van der Waals surface area contributed by atoms with Gasteiger partial charge in [-0.05, 0) is 38.5 Å². The van der Waals surface area contributed by atoms with Gasteiger partial charge in [0.25, 0.3) is 5.91 Å². The second kappa shape index (κ2) is 5.93. The molecule has 19 heavy (non-hydrogen) atoms. The lowest BCUT2D eigenvalue weighted by Crippen LogP contribution is -2.33. The van der Waals surface area contributed by atoms with Gasteiger partial charge >= 0.3 is 0 Å². The van der Waals surface area contributed by atoms with Crippen molar-refractivity contribution in [2.75, 3.05) is 31.8 Å². The predicted molar refractivity (Wildman–Crippen MR) is 78.3 cm³/mol. The topological polar surface area (TPSA) is 78.6 Å². The molecule has 0 spiro atoms. The zero-order valence-electron chi connectivity index (χ0n) is 12.0. The summed E-state index contributed by atoms with van der Waals surface area (Å²) < 4.78 is 0. The fourth-order valence-corrected chi connectivity index (χ4v) is 1.80. The monoisotopic (exact) mass is 265 g/mol. The van der Waals surface area contributed by atoms with Gasteiger partial charge in [0.15, 0.2) is 0 Å². The first kappa shape index (κ1) is 15.3. The van der Waals surface area contributed by atoms with Crippen molar-refractivity contribution in [3.8, 4) is 0 Å². The summed E-state index contributed by atoms with van der Waals surface area (Å²) in [4.78, 5) is 13.6.